The van der Waals surface area contributed by atoms with E-state index in [0.717, 1.165) is 30.0 Å². The lowest BCUT2D eigenvalue weighted by Gasteiger charge is -2.35. The highest BCUT2D eigenvalue weighted by Crippen LogP contribution is 2.49. The van der Waals surface area contributed by atoms with Gasteiger partial charge in [0.25, 0.3) is 6.43 Å². The molecule has 0 spiro atoms. The maximum Gasteiger partial charge on any atom is 0.417 e. The van der Waals surface area contributed by atoms with E-state index in [4.69, 9.17) is 10.5 Å². The lowest BCUT2D eigenvalue weighted by molar-refractivity contribution is -0.137. The number of aliphatic imine (C=N–C) groups is 1. The van der Waals surface area contributed by atoms with E-state index in [1.54, 1.807) is 0 Å². The molecule has 176 valence electrons. The minimum absolute atomic E-state index is 0.0826. The molecule has 4 rings (SSSR count). The fraction of sp³-hybridized carbons (Fsp3) is 0.333. The van der Waals surface area contributed by atoms with E-state index < -0.39 is 47.4 Å². The third-order valence-electron chi connectivity index (χ3n) is 5.56. The van der Waals surface area contributed by atoms with E-state index in [-0.39, 0.29) is 34.3 Å². The van der Waals surface area contributed by atoms with Crippen molar-refractivity contribution in [1.82, 2.24) is 4.98 Å². The zero-order valence-corrected chi connectivity index (χ0v) is 17.4. The van der Waals surface area contributed by atoms with Crippen LogP contribution in [0.3, 0.4) is 0 Å². The van der Waals surface area contributed by atoms with E-state index in [1.165, 1.54) is 12.1 Å². The Morgan fingerprint density at radius 3 is 2.64 bits per heavy atom. The van der Waals surface area contributed by atoms with Gasteiger partial charge in [-0.05, 0) is 35.9 Å². The van der Waals surface area contributed by atoms with Gasteiger partial charge in [-0.1, -0.05) is 17.8 Å². The average molecular weight is 491 g/mol. The predicted molar refractivity (Wildman–Crippen MR) is 110 cm³/mol. The second-order valence-corrected chi connectivity index (χ2v) is 8.60. The highest BCUT2D eigenvalue weighted by molar-refractivity contribution is 8.13. The standard InChI is InChI=1S/C21H16F7N3OS/c22-14-3-1-10(6-15(23)16-4-2-11(7-30-16)21(26,27)28)5-12(14)20-9-32-17(18(24)25)13(20)8-33-19(29)31-20/h1-7,13,17-18H,8-9H2,(H2,29,31)/b15-6-. The first-order valence-electron chi connectivity index (χ1n) is 9.60. The first-order chi connectivity index (χ1) is 15.5. The molecule has 12 heteroatoms. The molecule has 3 unspecified atom stereocenters. The van der Waals surface area contributed by atoms with E-state index in [0.29, 0.717) is 12.3 Å². The molecule has 0 radical (unpaired) electrons. The van der Waals surface area contributed by atoms with Crippen molar-refractivity contribution < 1.29 is 35.5 Å². The maximum atomic E-state index is 14.9. The number of alkyl halides is 5. The number of rotatable bonds is 4. The van der Waals surface area contributed by atoms with Crippen molar-refractivity contribution >= 4 is 28.8 Å². The first kappa shape index (κ1) is 23.6. The van der Waals surface area contributed by atoms with Crippen LogP contribution in [0, 0.1) is 11.7 Å². The molecule has 2 aliphatic rings. The van der Waals surface area contributed by atoms with Crippen LogP contribution in [-0.2, 0) is 16.5 Å². The van der Waals surface area contributed by atoms with Gasteiger partial charge < -0.3 is 10.5 Å². The van der Waals surface area contributed by atoms with Crippen molar-refractivity contribution in [3.63, 3.8) is 0 Å². The number of thioether (sulfide) groups is 1. The first-order valence-corrected chi connectivity index (χ1v) is 10.6. The monoisotopic (exact) mass is 491 g/mol. The van der Waals surface area contributed by atoms with Crippen molar-refractivity contribution in [3.05, 3.63) is 64.7 Å². The molecule has 0 bridgehead atoms. The Balaban J connectivity index is 1.71. The molecule has 0 saturated carbocycles. The Hall–Kier alpha value is -2.60. The number of fused-ring (bicyclic) bond motifs is 1. The second kappa shape index (κ2) is 8.64. The third kappa shape index (κ3) is 4.45. The smallest absolute Gasteiger partial charge is 0.379 e. The summed E-state index contributed by atoms with van der Waals surface area (Å²) in [4.78, 5) is 7.76. The number of hydrogen-bond acceptors (Lipinski definition) is 5. The van der Waals surface area contributed by atoms with Gasteiger partial charge >= 0.3 is 6.18 Å². The minimum Gasteiger partial charge on any atom is -0.379 e. The average Bonchev–Trinajstić information content (AvgIpc) is 3.14. The van der Waals surface area contributed by atoms with Crippen LogP contribution in [0.2, 0.25) is 0 Å². The Kier molecular flexibility index (Phi) is 6.16. The number of aromatic nitrogens is 1. The van der Waals surface area contributed by atoms with Crippen LogP contribution < -0.4 is 5.73 Å². The lowest BCUT2D eigenvalue weighted by Crippen LogP contribution is -2.43. The number of nitrogens with two attached hydrogens (primary N) is 1. The molecule has 4 nitrogen and oxygen atoms in total. The Morgan fingerprint density at radius 2 is 2.00 bits per heavy atom. The summed E-state index contributed by atoms with van der Waals surface area (Å²) in [6.45, 7) is -0.332. The Morgan fingerprint density at radius 1 is 1.24 bits per heavy atom. The molecule has 1 fully saturated rings. The van der Waals surface area contributed by atoms with Crippen molar-refractivity contribution in [2.75, 3.05) is 12.4 Å². The Bertz CT molecular complexity index is 1100. The van der Waals surface area contributed by atoms with Crippen LogP contribution in [0.4, 0.5) is 30.7 Å². The zero-order valence-electron chi connectivity index (χ0n) is 16.6. The number of benzene rings is 1. The van der Waals surface area contributed by atoms with E-state index in [1.807, 2.05) is 0 Å². The molecule has 3 heterocycles. The summed E-state index contributed by atoms with van der Waals surface area (Å²) in [5.74, 6) is -2.46. The van der Waals surface area contributed by atoms with E-state index in [2.05, 4.69) is 9.98 Å². The topological polar surface area (TPSA) is 60.5 Å². The molecular weight excluding hydrogens is 475 g/mol. The Labute approximate surface area is 187 Å². The zero-order chi connectivity index (χ0) is 24.0. The van der Waals surface area contributed by atoms with Gasteiger partial charge in [0.2, 0.25) is 0 Å². The molecule has 2 aliphatic heterocycles. The van der Waals surface area contributed by atoms with Gasteiger partial charge in [0, 0.05) is 23.4 Å². The quantitative estimate of drug-likeness (QED) is 0.594. The van der Waals surface area contributed by atoms with Crippen molar-refractivity contribution in [2.24, 2.45) is 16.6 Å². The number of pyridine rings is 1. The SMILES string of the molecule is NC1=NC2(c3cc(/C=C(\F)c4ccc(C(F)(F)F)cn4)ccc3F)COC(C(F)F)C2CS1. The van der Waals surface area contributed by atoms with Gasteiger partial charge in [-0.2, -0.15) is 13.2 Å². The van der Waals surface area contributed by atoms with E-state index in [9.17, 15) is 30.7 Å². The van der Waals surface area contributed by atoms with Gasteiger partial charge in [0.05, 0.1) is 17.9 Å². The van der Waals surface area contributed by atoms with Crippen molar-refractivity contribution in [1.29, 1.82) is 0 Å². The molecule has 0 amide bonds. The summed E-state index contributed by atoms with van der Waals surface area (Å²) in [5.41, 5.74) is 2.96. The molecule has 1 aromatic carbocycles. The molecule has 3 atom stereocenters. The lowest BCUT2D eigenvalue weighted by atomic mass is 9.78. The van der Waals surface area contributed by atoms with Gasteiger partial charge in [-0.25, -0.2) is 22.6 Å². The van der Waals surface area contributed by atoms with Crippen LogP contribution >= 0.6 is 11.8 Å². The molecule has 1 saturated heterocycles. The van der Waals surface area contributed by atoms with Crippen molar-refractivity contribution in [3.8, 4) is 0 Å². The molecular formula is C21H16F7N3OS. The molecule has 2 aromatic rings. The molecule has 2 N–H and O–H groups in total. The fourth-order valence-corrected chi connectivity index (χ4v) is 4.99. The highest BCUT2D eigenvalue weighted by atomic mass is 32.2. The molecule has 0 aliphatic carbocycles. The number of amidine groups is 1. The maximum absolute atomic E-state index is 14.9. The van der Waals surface area contributed by atoms with Crippen LogP contribution in [0.25, 0.3) is 11.9 Å². The summed E-state index contributed by atoms with van der Waals surface area (Å²) in [5, 5.41) is 0.0882. The predicted octanol–water partition coefficient (Wildman–Crippen LogP) is 5.24. The molecule has 1 aromatic heterocycles. The van der Waals surface area contributed by atoms with Crippen molar-refractivity contribution in [2.45, 2.75) is 24.2 Å². The highest BCUT2D eigenvalue weighted by Gasteiger charge is 2.56. The molecule has 33 heavy (non-hydrogen) atoms. The normalized spacial score (nSPS) is 25.8. The summed E-state index contributed by atoms with van der Waals surface area (Å²) >= 11 is 1.06. The summed E-state index contributed by atoms with van der Waals surface area (Å²) in [6, 6.07) is 5.07. The van der Waals surface area contributed by atoms with Gasteiger partial charge in [0.15, 0.2) is 5.17 Å². The summed E-state index contributed by atoms with van der Waals surface area (Å²) in [7, 11) is 0. The minimum atomic E-state index is -4.62. The summed E-state index contributed by atoms with van der Waals surface area (Å²) < 4.78 is 99.8. The largest absolute Gasteiger partial charge is 0.417 e. The third-order valence-corrected chi connectivity index (χ3v) is 6.47. The number of hydrogen-bond donors (Lipinski definition) is 1. The van der Waals surface area contributed by atoms with Crippen LogP contribution in [0.1, 0.15) is 22.4 Å². The number of nitrogens with zero attached hydrogens (tertiary/aromatic N) is 2. The second-order valence-electron chi connectivity index (χ2n) is 7.56. The van der Waals surface area contributed by atoms with Gasteiger partial charge in [-0.3, -0.25) is 4.98 Å². The number of ether oxygens (including phenoxy) is 1. The van der Waals surface area contributed by atoms with Gasteiger partial charge in [0.1, 0.15) is 23.3 Å². The van der Waals surface area contributed by atoms with Crippen LogP contribution in [0.15, 0.2) is 41.5 Å². The number of halogens is 7. The van der Waals surface area contributed by atoms with E-state index >= 15 is 0 Å². The van der Waals surface area contributed by atoms with Crippen LogP contribution in [0.5, 0.6) is 0 Å². The summed E-state index contributed by atoms with van der Waals surface area (Å²) in [6.07, 6.45) is -7.45. The van der Waals surface area contributed by atoms with Gasteiger partial charge in [-0.15, -0.1) is 0 Å². The fourth-order valence-electron chi connectivity index (χ4n) is 3.94. The van der Waals surface area contributed by atoms with Crippen LogP contribution in [-0.4, -0.2) is 35.0 Å².